The molecule has 1 heterocycles. The number of aromatic nitrogens is 2. The van der Waals surface area contributed by atoms with Gasteiger partial charge in [-0.25, -0.2) is 0 Å². The summed E-state index contributed by atoms with van der Waals surface area (Å²) in [5.41, 5.74) is 2.42. The number of rotatable bonds is 4. The van der Waals surface area contributed by atoms with Crippen molar-refractivity contribution in [3.8, 4) is 0 Å². The number of hydrogen-bond acceptors (Lipinski definition) is 2. The number of hydrogen-bond donors (Lipinski definition) is 1. The Morgan fingerprint density at radius 2 is 2.20 bits per heavy atom. The molecule has 0 aliphatic heterocycles. The monoisotopic (exact) mass is 207 g/mol. The standard InChI is InChI=1S/C12H21N3/c1-3-11-12(9-15(2)14-11)13-8-10-6-4-5-7-10/h9-10,13H,3-8H2,1-2H3. The van der Waals surface area contributed by atoms with Gasteiger partial charge in [-0.15, -0.1) is 0 Å². The second kappa shape index (κ2) is 4.69. The summed E-state index contributed by atoms with van der Waals surface area (Å²) >= 11 is 0. The van der Waals surface area contributed by atoms with Crippen LogP contribution in [0.4, 0.5) is 5.69 Å². The molecule has 0 bridgehead atoms. The molecule has 3 nitrogen and oxygen atoms in total. The van der Waals surface area contributed by atoms with E-state index in [1.165, 1.54) is 37.1 Å². The second-order valence-corrected chi connectivity index (χ2v) is 4.55. The van der Waals surface area contributed by atoms with E-state index in [1.807, 2.05) is 11.7 Å². The van der Waals surface area contributed by atoms with Crippen LogP contribution in [-0.4, -0.2) is 16.3 Å². The zero-order valence-electron chi connectivity index (χ0n) is 9.79. The summed E-state index contributed by atoms with van der Waals surface area (Å²) in [6, 6.07) is 0. The zero-order valence-corrected chi connectivity index (χ0v) is 9.79. The Bertz CT molecular complexity index is 311. The van der Waals surface area contributed by atoms with E-state index in [-0.39, 0.29) is 0 Å². The normalized spacial score (nSPS) is 17.2. The minimum Gasteiger partial charge on any atom is -0.382 e. The van der Waals surface area contributed by atoms with Gasteiger partial charge in [0.2, 0.25) is 0 Å². The first kappa shape index (κ1) is 10.5. The lowest BCUT2D eigenvalue weighted by molar-refractivity contribution is 0.579. The Labute approximate surface area is 91.9 Å². The van der Waals surface area contributed by atoms with E-state index in [4.69, 9.17) is 0 Å². The summed E-state index contributed by atoms with van der Waals surface area (Å²) in [7, 11) is 1.99. The molecule has 0 aromatic carbocycles. The number of anilines is 1. The van der Waals surface area contributed by atoms with Crippen molar-refractivity contribution in [2.45, 2.75) is 39.0 Å². The third kappa shape index (κ3) is 2.52. The molecule has 0 saturated heterocycles. The largest absolute Gasteiger partial charge is 0.382 e. The van der Waals surface area contributed by atoms with Crippen LogP contribution in [0.3, 0.4) is 0 Å². The molecule has 1 aromatic rings. The van der Waals surface area contributed by atoms with Crippen molar-refractivity contribution in [1.82, 2.24) is 9.78 Å². The Morgan fingerprint density at radius 1 is 1.47 bits per heavy atom. The van der Waals surface area contributed by atoms with E-state index in [0.29, 0.717) is 0 Å². The predicted molar refractivity (Wildman–Crippen MR) is 63.0 cm³/mol. The number of nitrogens with zero attached hydrogens (tertiary/aromatic N) is 2. The Hall–Kier alpha value is -0.990. The van der Waals surface area contributed by atoms with Crippen LogP contribution in [0.2, 0.25) is 0 Å². The van der Waals surface area contributed by atoms with Gasteiger partial charge in [0.1, 0.15) is 0 Å². The average Bonchev–Trinajstić information content (AvgIpc) is 2.83. The van der Waals surface area contributed by atoms with Gasteiger partial charge in [0.15, 0.2) is 0 Å². The highest BCUT2D eigenvalue weighted by Gasteiger charge is 2.15. The molecule has 0 radical (unpaired) electrons. The van der Waals surface area contributed by atoms with E-state index >= 15 is 0 Å². The van der Waals surface area contributed by atoms with Crippen molar-refractivity contribution in [1.29, 1.82) is 0 Å². The highest BCUT2D eigenvalue weighted by atomic mass is 15.3. The maximum absolute atomic E-state index is 4.43. The molecular formula is C12H21N3. The maximum Gasteiger partial charge on any atom is 0.0853 e. The first-order chi connectivity index (χ1) is 7.29. The molecule has 0 amide bonds. The van der Waals surface area contributed by atoms with Gasteiger partial charge in [0.05, 0.1) is 11.4 Å². The molecule has 0 atom stereocenters. The lowest BCUT2D eigenvalue weighted by Crippen LogP contribution is -2.11. The zero-order chi connectivity index (χ0) is 10.7. The maximum atomic E-state index is 4.43. The van der Waals surface area contributed by atoms with Crippen LogP contribution in [-0.2, 0) is 13.5 Å². The topological polar surface area (TPSA) is 29.9 Å². The van der Waals surface area contributed by atoms with Crippen LogP contribution in [0, 0.1) is 5.92 Å². The van der Waals surface area contributed by atoms with E-state index in [0.717, 1.165) is 18.9 Å². The van der Waals surface area contributed by atoms with Crippen LogP contribution in [0.5, 0.6) is 0 Å². The Kier molecular flexibility index (Phi) is 3.29. The summed E-state index contributed by atoms with van der Waals surface area (Å²) < 4.78 is 1.90. The molecule has 1 aliphatic carbocycles. The molecule has 1 aliphatic rings. The van der Waals surface area contributed by atoms with Gasteiger partial charge in [-0.05, 0) is 25.2 Å². The van der Waals surface area contributed by atoms with Crippen molar-refractivity contribution in [3.63, 3.8) is 0 Å². The third-order valence-electron chi connectivity index (χ3n) is 3.30. The fourth-order valence-electron chi connectivity index (χ4n) is 2.41. The second-order valence-electron chi connectivity index (χ2n) is 4.55. The lowest BCUT2D eigenvalue weighted by Gasteiger charge is -2.10. The fourth-order valence-corrected chi connectivity index (χ4v) is 2.41. The van der Waals surface area contributed by atoms with Gasteiger partial charge >= 0.3 is 0 Å². The van der Waals surface area contributed by atoms with E-state index in [1.54, 1.807) is 0 Å². The van der Waals surface area contributed by atoms with E-state index in [9.17, 15) is 0 Å². The molecule has 2 rings (SSSR count). The van der Waals surface area contributed by atoms with Gasteiger partial charge in [-0.2, -0.15) is 5.10 Å². The third-order valence-corrected chi connectivity index (χ3v) is 3.30. The summed E-state index contributed by atoms with van der Waals surface area (Å²) in [6.07, 6.45) is 8.73. The first-order valence-corrected chi connectivity index (χ1v) is 6.06. The summed E-state index contributed by atoms with van der Waals surface area (Å²) in [4.78, 5) is 0. The molecular weight excluding hydrogens is 186 g/mol. The van der Waals surface area contributed by atoms with Crippen LogP contribution < -0.4 is 5.32 Å². The smallest absolute Gasteiger partial charge is 0.0853 e. The van der Waals surface area contributed by atoms with Gasteiger partial charge in [0, 0.05) is 19.8 Å². The summed E-state index contributed by atoms with van der Waals surface area (Å²) in [5.74, 6) is 0.884. The van der Waals surface area contributed by atoms with Crippen molar-refractivity contribution >= 4 is 5.69 Å². The molecule has 3 heteroatoms. The average molecular weight is 207 g/mol. The Morgan fingerprint density at radius 3 is 2.87 bits per heavy atom. The minimum atomic E-state index is 0.884. The molecule has 1 saturated carbocycles. The molecule has 15 heavy (non-hydrogen) atoms. The van der Waals surface area contributed by atoms with Gasteiger partial charge in [-0.3, -0.25) is 4.68 Å². The summed E-state index contributed by atoms with van der Waals surface area (Å²) in [6.45, 7) is 3.28. The quantitative estimate of drug-likeness (QED) is 0.822. The van der Waals surface area contributed by atoms with Crippen molar-refractivity contribution in [3.05, 3.63) is 11.9 Å². The van der Waals surface area contributed by atoms with Crippen LogP contribution >= 0.6 is 0 Å². The number of nitrogens with one attached hydrogen (secondary N) is 1. The van der Waals surface area contributed by atoms with Crippen molar-refractivity contribution in [2.75, 3.05) is 11.9 Å². The van der Waals surface area contributed by atoms with E-state index < -0.39 is 0 Å². The molecule has 1 aromatic heterocycles. The summed E-state index contributed by atoms with van der Waals surface area (Å²) in [5, 5.41) is 7.97. The predicted octanol–water partition coefficient (Wildman–Crippen LogP) is 2.58. The highest BCUT2D eigenvalue weighted by Crippen LogP contribution is 2.25. The first-order valence-electron chi connectivity index (χ1n) is 6.06. The van der Waals surface area contributed by atoms with Gasteiger partial charge in [0.25, 0.3) is 0 Å². The number of aryl methyl sites for hydroxylation is 2. The fraction of sp³-hybridized carbons (Fsp3) is 0.750. The van der Waals surface area contributed by atoms with Gasteiger partial charge < -0.3 is 5.32 Å². The van der Waals surface area contributed by atoms with Gasteiger partial charge in [-0.1, -0.05) is 19.8 Å². The van der Waals surface area contributed by atoms with Crippen molar-refractivity contribution in [2.24, 2.45) is 13.0 Å². The molecule has 84 valence electrons. The highest BCUT2D eigenvalue weighted by molar-refractivity contribution is 5.46. The lowest BCUT2D eigenvalue weighted by atomic mass is 10.1. The SMILES string of the molecule is CCc1nn(C)cc1NCC1CCCC1. The minimum absolute atomic E-state index is 0.884. The Balaban J connectivity index is 1.91. The van der Waals surface area contributed by atoms with E-state index in [2.05, 4.69) is 23.5 Å². The molecule has 0 unspecified atom stereocenters. The van der Waals surface area contributed by atoms with Crippen LogP contribution in [0.1, 0.15) is 38.3 Å². The van der Waals surface area contributed by atoms with Crippen molar-refractivity contribution < 1.29 is 0 Å². The molecule has 1 N–H and O–H groups in total. The molecule has 0 spiro atoms. The van der Waals surface area contributed by atoms with Crippen LogP contribution in [0.15, 0.2) is 6.20 Å². The molecule has 1 fully saturated rings. The van der Waals surface area contributed by atoms with Crippen LogP contribution in [0.25, 0.3) is 0 Å².